The van der Waals surface area contributed by atoms with Gasteiger partial charge in [0.1, 0.15) is 24.4 Å². The molecule has 2 unspecified atom stereocenters. The highest BCUT2D eigenvalue weighted by molar-refractivity contribution is 4.96. The lowest BCUT2D eigenvalue weighted by Crippen LogP contribution is -2.35. The maximum Gasteiger partial charge on any atom is 0.115 e. The molecule has 0 amide bonds. The predicted molar refractivity (Wildman–Crippen MR) is 59.5 cm³/mol. The van der Waals surface area contributed by atoms with Crippen LogP contribution in [0.3, 0.4) is 0 Å². The van der Waals surface area contributed by atoms with Crippen molar-refractivity contribution in [2.24, 2.45) is 0 Å². The summed E-state index contributed by atoms with van der Waals surface area (Å²) in [5.41, 5.74) is 0. The molecule has 2 heterocycles. The first kappa shape index (κ1) is 12.3. The Morgan fingerprint density at radius 2 is 1.19 bits per heavy atom. The van der Waals surface area contributed by atoms with Gasteiger partial charge in [-0.3, -0.25) is 0 Å². The van der Waals surface area contributed by atoms with Crippen molar-refractivity contribution < 1.29 is 18.9 Å². The quantitative estimate of drug-likeness (QED) is 0.731. The molecule has 2 aliphatic heterocycles. The third-order valence-electron chi connectivity index (χ3n) is 2.86. The van der Waals surface area contributed by atoms with Crippen LogP contribution in [0.25, 0.3) is 0 Å². The third kappa shape index (κ3) is 2.56. The molecule has 16 heavy (non-hydrogen) atoms. The van der Waals surface area contributed by atoms with Crippen LogP contribution in [0.5, 0.6) is 0 Å². The van der Waals surface area contributed by atoms with Gasteiger partial charge < -0.3 is 18.9 Å². The first-order valence-electron chi connectivity index (χ1n) is 6.12. The fourth-order valence-electron chi connectivity index (χ4n) is 2.36. The number of rotatable bonds is 4. The van der Waals surface area contributed by atoms with Gasteiger partial charge in [0.05, 0.1) is 25.4 Å². The van der Waals surface area contributed by atoms with Crippen molar-refractivity contribution in [2.45, 2.75) is 64.3 Å². The second kappa shape index (κ2) is 5.00. The van der Waals surface area contributed by atoms with Crippen molar-refractivity contribution in [1.82, 2.24) is 0 Å². The van der Waals surface area contributed by atoms with Gasteiger partial charge in [-0.1, -0.05) is 0 Å². The minimum absolute atomic E-state index is 0.0474. The van der Waals surface area contributed by atoms with E-state index in [1.165, 1.54) is 0 Å². The molecule has 0 saturated carbocycles. The normalized spacial score (nSPS) is 38.6. The molecule has 0 spiro atoms. The zero-order valence-electron chi connectivity index (χ0n) is 10.5. The highest BCUT2D eigenvalue weighted by Gasteiger charge is 2.49. The summed E-state index contributed by atoms with van der Waals surface area (Å²) in [4.78, 5) is 0. The SMILES string of the molecule is CC(C)O[C@@H]1COC2C1OC[C@H]2OC(C)C. The van der Waals surface area contributed by atoms with Crippen molar-refractivity contribution in [3.05, 3.63) is 0 Å². The van der Waals surface area contributed by atoms with Gasteiger partial charge in [0.2, 0.25) is 0 Å². The minimum atomic E-state index is 0.0474. The molecule has 2 aliphatic rings. The Morgan fingerprint density at radius 1 is 0.812 bits per heavy atom. The molecular weight excluding hydrogens is 208 g/mol. The zero-order chi connectivity index (χ0) is 11.7. The van der Waals surface area contributed by atoms with E-state index in [0.29, 0.717) is 13.2 Å². The second-order valence-electron chi connectivity index (χ2n) is 5.04. The zero-order valence-corrected chi connectivity index (χ0v) is 10.5. The Bertz CT molecular complexity index is 205. The summed E-state index contributed by atoms with van der Waals surface area (Å²) in [6.45, 7) is 9.36. The highest BCUT2D eigenvalue weighted by atomic mass is 16.6. The van der Waals surface area contributed by atoms with Crippen molar-refractivity contribution in [2.75, 3.05) is 13.2 Å². The van der Waals surface area contributed by atoms with Crippen LogP contribution in [0.2, 0.25) is 0 Å². The summed E-state index contributed by atoms with van der Waals surface area (Å²) in [6.07, 6.45) is 0.635. The van der Waals surface area contributed by atoms with Crippen molar-refractivity contribution in [1.29, 1.82) is 0 Å². The molecule has 2 saturated heterocycles. The Hall–Kier alpha value is -0.160. The molecule has 0 aromatic rings. The van der Waals surface area contributed by atoms with Crippen LogP contribution in [0.1, 0.15) is 27.7 Å². The second-order valence-corrected chi connectivity index (χ2v) is 5.04. The molecule has 2 fully saturated rings. The van der Waals surface area contributed by atoms with Crippen LogP contribution >= 0.6 is 0 Å². The van der Waals surface area contributed by atoms with Crippen LogP contribution in [0.15, 0.2) is 0 Å². The first-order valence-corrected chi connectivity index (χ1v) is 6.12. The molecule has 4 heteroatoms. The summed E-state index contributed by atoms with van der Waals surface area (Å²) < 4.78 is 23.0. The lowest BCUT2D eigenvalue weighted by atomic mass is 10.1. The van der Waals surface area contributed by atoms with Crippen LogP contribution in [0.4, 0.5) is 0 Å². The highest BCUT2D eigenvalue weighted by Crippen LogP contribution is 2.31. The van der Waals surface area contributed by atoms with E-state index in [0.717, 1.165) is 0 Å². The fraction of sp³-hybridized carbons (Fsp3) is 1.00. The number of hydrogen-bond donors (Lipinski definition) is 0. The van der Waals surface area contributed by atoms with Gasteiger partial charge in [-0.15, -0.1) is 0 Å². The molecular formula is C12H22O4. The Balaban J connectivity index is 1.90. The molecule has 2 rings (SSSR count). The number of hydrogen-bond acceptors (Lipinski definition) is 4. The minimum Gasteiger partial charge on any atom is -0.370 e. The van der Waals surface area contributed by atoms with Crippen LogP contribution < -0.4 is 0 Å². The molecule has 4 atom stereocenters. The van der Waals surface area contributed by atoms with E-state index in [4.69, 9.17) is 18.9 Å². The van der Waals surface area contributed by atoms with E-state index in [9.17, 15) is 0 Å². The standard InChI is InChI=1S/C12H22O4/c1-7(2)15-9-5-13-12-10(16-8(3)4)6-14-11(9)12/h7-12H,5-6H2,1-4H3/t9-,10-,11?,12?/m1/s1. The smallest absolute Gasteiger partial charge is 0.115 e. The topological polar surface area (TPSA) is 36.9 Å². The summed E-state index contributed by atoms with van der Waals surface area (Å²) in [5.74, 6) is 0. The van der Waals surface area contributed by atoms with E-state index in [2.05, 4.69) is 0 Å². The molecule has 94 valence electrons. The summed E-state index contributed by atoms with van der Waals surface area (Å²) in [7, 11) is 0. The lowest BCUT2D eigenvalue weighted by molar-refractivity contribution is -0.0753. The number of ether oxygens (including phenoxy) is 4. The van der Waals surface area contributed by atoms with E-state index in [1.54, 1.807) is 0 Å². The van der Waals surface area contributed by atoms with Crippen molar-refractivity contribution in [3.63, 3.8) is 0 Å². The van der Waals surface area contributed by atoms with Crippen LogP contribution in [-0.4, -0.2) is 49.8 Å². The van der Waals surface area contributed by atoms with Gasteiger partial charge in [-0.25, -0.2) is 0 Å². The molecule has 0 aromatic carbocycles. The van der Waals surface area contributed by atoms with E-state index in [-0.39, 0.29) is 36.6 Å². The average molecular weight is 230 g/mol. The molecule has 0 bridgehead atoms. The average Bonchev–Trinajstić information content (AvgIpc) is 2.70. The third-order valence-corrected chi connectivity index (χ3v) is 2.86. The van der Waals surface area contributed by atoms with Gasteiger partial charge in [0.15, 0.2) is 0 Å². The molecule has 4 nitrogen and oxygen atoms in total. The summed E-state index contributed by atoms with van der Waals surface area (Å²) in [5, 5.41) is 0. The van der Waals surface area contributed by atoms with Gasteiger partial charge in [-0.2, -0.15) is 0 Å². The van der Waals surface area contributed by atoms with E-state index in [1.807, 2.05) is 27.7 Å². The molecule has 0 aromatic heterocycles. The van der Waals surface area contributed by atoms with E-state index < -0.39 is 0 Å². The first-order chi connectivity index (χ1) is 7.58. The monoisotopic (exact) mass is 230 g/mol. The molecule has 0 radical (unpaired) electrons. The van der Waals surface area contributed by atoms with Gasteiger partial charge in [0, 0.05) is 0 Å². The van der Waals surface area contributed by atoms with Crippen LogP contribution in [0, 0.1) is 0 Å². The lowest BCUT2D eigenvalue weighted by Gasteiger charge is -2.19. The molecule has 0 aliphatic carbocycles. The fourth-order valence-corrected chi connectivity index (χ4v) is 2.36. The Morgan fingerprint density at radius 3 is 1.50 bits per heavy atom. The Kier molecular flexibility index (Phi) is 3.85. The van der Waals surface area contributed by atoms with Crippen molar-refractivity contribution >= 4 is 0 Å². The van der Waals surface area contributed by atoms with Gasteiger partial charge in [0.25, 0.3) is 0 Å². The number of fused-ring (bicyclic) bond motifs is 1. The summed E-state index contributed by atoms with van der Waals surface area (Å²) in [6, 6.07) is 0. The van der Waals surface area contributed by atoms with Crippen molar-refractivity contribution in [3.8, 4) is 0 Å². The van der Waals surface area contributed by atoms with Gasteiger partial charge >= 0.3 is 0 Å². The van der Waals surface area contributed by atoms with Crippen LogP contribution in [-0.2, 0) is 18.9 Å². The van der Waals surface area contributed by atoms with E-state index >= 15 is 0 Å². The maximum absolute atomic E-state index is 5.77. The van der Waals surface area contributed by atoms with Gasteiger partial charge in [-0.05, 0) is 27.7 Å². The Labute approximate surface area is 97.2 Å². The maximum atomic E-state index is 5.77. The predicted octanol–water partition coefficient (Wildman–Crippen LogP) is 1.37. The largest absolute Gasteiger partial charge is 0.370 e. The molecule has 0 N–H and O–H groups in total. The summed E-state index contributed by atoms with van der Waals surface area (Å²) >= 11 is 0.